The summed E-state index contributed by atoms with van der Waals surface area (Å²) in [4.78, 5) is 11.6. The maximum atomic E-state index is 11.6. The van der Waals surface area contributed by atoms with Crippen molar-refractivity contribution in [3.8, 4) is 5.75 Å². The van der Waals surface area contributed by atoms with Crippen LogP contribution in [-0.2, 0) is 11.3 Å². The van der Waals surface area contributed by atoms with Gasteiger partial charge in [-0.3, -0.25) is 4.68 Å². The first-order valence-electron chi connectivity index (χ1n) is 6.38. The maximum absolute atomic E-state index is 11.6. The molecule has 0 aliphatic rings. The molecule has 20 heavy (non-hydrogen) atoms. The molecule has 6 heteroatoms. The van der Waals surface area contributed by atoms with E-state index in [9.17, 15) is 4.79 Å². The van der Waals surface area contributed by atoms with Crippen LogP contribution in [0.25, 0.3) is 0 Å². The lowest BCUT2D eigenvalue weighted by Gasteiger charge is -2.05. The predicted octanol–water partition coefficient (Wildman–Crippen LogP) is 1.72. The lowest BCUT2D eigenvalue weighted by atomic mass is 10.3. The molecule has 0 spiro atoms. The second-order valence-electron chi connectivity index (χ2n) is 4.08. The Hall–Kier alpha value is -2.50. The van der Waals surface area contributed by atoms with Gasteiger partial charge in [-0.1, -0.05) is 18.2 Å². The third-order valence-electron chi connectivity index (χ3n) is 2.59. The average Bonchev–Trinajstić information content (AvgIpc) is 2.81. The summed E-state index contributed by atoms with van der Waals surface area (Å²) in [7, 11) is 0. The van der Waals surface area contributed by atoms with Crippen molar-refractivity contribution in [3.05, 3.63) is 42.2 Å². The van der Waals surface area contributed by atoms with Gasteiger partial charge in [-0.15, -0.1) is 0 Å². The summed E-state index contributed by atoms with van der Waals surface area (Å²) in [5, 5.41) is 4.10. The second kappa shape index (κ2) is 6.60. The standard InChI is InChI=1S/C14H17N3O3/c1-2-19-14(18)13-12(15)10-17(16-13)8-9-20-11-6-4-3-5-7-11/h3-7,10H,2,8-9,15H2,1H3. The van der Waals surface area contributed by atoms with Gasteiger partial charge in [-0.25, -0.2) is 4.79 Å². The van der Waals surface area contributed by atoms with E-state index in [2.05, 4.69) is 5.10 Å². The first-order valence-corrected chi connectivity index (χ1v) is 6.38. The summed E-state index contributed by atoms with van der Waals surface area (Å²) in [5.74, 6) is 0.283. The Bertz CT molecular complexity index is 566. The van der Waals surface area contributed by atoms with Gasteiger partial charge in [0.1, 0.15) is 12.4 Å². The van der Waals surface area contributed by atoms with Crippen LogP contribution in [0.1, 0.15) is 17.4 Å². The summed E-state index contributed by atoms with van der Waals surface area (Å²) in [6.07, 6.45) is 1.60. The van der Waals surface area contributed by atoms with Crippen molar-refractivity contribution in [1.82, 2.24) is 9.78 Å². The SMILES string of the molecule is CCOC(=O)c1nn(CCOc2ccccc2)cc1N. The predicted molar refractivity (Wildman–Crippen MR) is 74.5 cm³/mol. The van der Waals surface area contributed by atoms with E-state index in [0.717, 1.165) is 5.75 Å². The number of ether oxygens (including phenoxy) is 2. The molecule has 106 valence electrons. The van der Waals surface area contributed by atoms with Crippen LogP contribution in [-0.4, -0.2) is 29.0 Å². The van der Waals surface area contributed by atoms with Gasteiger partial charge in [0.15, 0.2) is 5.69 Å². The van der Waals surface area contributed by atoms with E-state index in [0.29, 0.717) is 25.4 Å². The summed E-state index contributed by atoms with van der Waals surface area (Å²) in [6, 6.07) is 9.48. The highest BCUT2D eigenvalue weighted by atomic mass is 16.5. The zero-order chi connectivity index (χ0) is 14.4. The number of benzene rings is 1. The van der Waals surface area contributed by atoms with E-state index in [1.807, 2.05) is 30.3 Å². The van der Waals surface area contributed by atoms with Crippen molar-refractivity contribution in [3.63, 3.8) is 0 Å². The van der Waals surface area contributed by atoms with Crippen LogP contribution in [0.3, 0.4) is 0 Å². The lowest BCUT2D eigenvalue weighted by molar-refractivity contribution is 0.0519. The summed E-state index contributed by atoms with van der Waals surface area (Å²) < 4.78 is 12.0. The summed E-state index contributed by atoms with van der Waals surface area (Å²) in [6.45, 7) is 2.97. The highest BCUT2D eigenvalue weighted by molar-refractivity contribution is 5.92. The Labute approximate surface area is 117 Å². The number of nitrogens with two attached hydrogens (primary N) is 1. The van der Waals surface area contributed by atoms with Crippen LogP contribution in [0.2, 0.25) is 0 Å². The molecule has 2 aromatic rings. The normalized spacial score (nSPS) is 10.2. The van der Waals surface area contributed by atoms with E-state index in [1.54, 1.807) is 17.8 Å². The van der Waals surface area contributed by atoms with Crippen LogP contribution < -0.4 is 10.5 Å². The number of aromatic nitrogens is 2. The largest absolute Gasteiger partial charge is 0.492 e. The van der Waals surface area contributed by atoms with Gasteiger partial charge in [0, 0.05) is 6.20 Å². The van der Waals surface area contributed by atoms with Gasteiger partial charge in [0.25, 0.3) is 0 Å². The van der Waals surface area contributed by atoms with Crippen LogP contribution in [0, 0.1) is 0 Å². The van der Waals surface area contributed by atoms with Crippen molar-refractivity contribution >= 4 is 11.7 Å². The molecule has 2 rings (SSSR count). The van der Waals surface area contributed by atoms with Gasteiger partial charge in [-0.2, -0.15) is 5.10 Å². The number of carbonyl (C=O) groups is 1. The average molecular weight is 275 g/mol. The molecule has 6 nitrogen and oxygen atoms in total. The number of nitrogens with zero attached hydrogens (tertiary/aromatic N) is 2. The zero-order valence-corrected chi connectivity index (χ0v) is 11.3. The van der Waals surface area contributed by atoms with Crippen LogP contribution in [0.5, 0.6) is 5.75 Å². The summed E-state index contributed by atoms with van der Waals surface area (Å²) >= 11 is 0. The highest BCUT2D eigenvalue weighted by Gasteiger charge is 2.15. The number of nitrogen functional groups attached to an aromatic ring is 1. The van der Waals surface area contributed by atoms with Crippen LogP contribution in [0.4, 0.5) is 5.69 Å². The number of hydrogen-bond acceptors (Lipinski definition) is 5. The van der Waals surface area contributed by atoms with Gasteiger partial charge in [0.2, 0.25) is 0 Å². The molecule has 1 heterocycles. The van der Waals surface area contributed by atoms with Crippen molar-refractivity contribution in [2.24, 2.45) is 0 Å². The van der Waals surface area contributed by atoms with E-state index >= 15 is 0 Å². The first-order chi connectivity index (χ1) is 9.70. The van der Waals surface area contributed by atoms with E-state index in [1.165, 1.54) is 0 Å². The van der Waals surface area contributed by atoms with Gasteiger partial charge in [0.05, 0.1) is 18.8 Å². The van der Waals surface area contributed by atoms with E-state index in [4.69, 9.17) is 15.2 Å². The number of para-hydroxylation sites is 1. The Morgan fingerprint density at radius 2 is 2.10 bits per heavy atom. The smallest absolute Gasteiger partial charge is 0.361 e. The third kappa shape index (κ3) is 3.50. The third-order valence-corrected chi connectivity index (χ3v) is 2.59. The van der Waals surface area contributed by atoms with Crippen LogP contribution in [0.15, 0.2) is 36.5 Å². The fourth-order valence-electron chi connectivity index (χ4n) is 1.68. The van der Waals surface area contributed by atoms with Crippen molar-refractivity contribution in [2.75, 3.05) is 18.9 Å². The Kier molecular flexibility index (Phi) is 4.60. The molecular weight excluding hydrogens is 258 g/mol. The van der Waals surface area contributed by atoms with Gasteiger partial charge < -0.3 is 15.2 Å². The molecule has 0 unspecified atom stereocenters. The van der Waals surface area contributed by atoms with Gasteiger partial charge in [-0.05, 0) is 19.1 Å². The van der Waals surface area contributed by atoms with Crippen molar-refractivity contribution in [1.29, 1.82) is 0 Å². The zero-order valence-electron chi connectivity index (χ0n) is 11.3. The molecule has 1 aromatic carbocycles. The number of rotatable bonds is 6. The molecule has 1 aromatic heterocycles. The quantitative estimate of drug-likeness (QED) is 0.812. The number of anilines is 1. The topological polar surface area (TPSA) is 79.4 Å². The molecule has 0 bridgehead atoms. The maximum Gasteiger partial charge on any atom is 0.361 e. The lowest BCUT2D eigenvalue weighted by Crippen LogP contribution is -2.11. The molecule has 0 amide bonds. The Morgan fingerprint density at radius 3 is 2.80 bits per heavy atom. The number of esters is 1. The minimum absolute atomic E-state index is 0.145. The van der Waals surface area contributed by atoms with E-state index < -0.39 is 5.97 Å². The minimum Gasteiger partial charge on any atom is -0.492 e. The van der Waals surface area contributed by atoms with Gasteiger partial charge >= 0.3 is 5.97 Å². The number of hydrogen-bond donors (Lipinski definition) is 1. The fraction of sp³-hybridized carbons (Fsp3) is 0.286. The molecule has 0 radical (unpaired) electrons. The van der Waals surface area contributed by atoms with Crippen molar-refractivity contribution in [2.45, 2.75) is 13.5 Å². The first kappa shape index (κ1) is 13.9. The van der Waals surface area contributed by atoms with Crippen LogP contribution >= 0.6 is 0 Å². The van der Waals surface area contributed by atoms with Crippen molar-refractivity contribution < 1.29 is 14.3 Å². The van der Waals surface area contributed by atoms with E-state index in [-0.39, 0.29) is 5.69 Å². The Morgan fingerprint density at radius 1 is 1.35 bits per heavy atom. The molecular formula is C14H17N3O3. The number of carbonyl (C=O) groups excluding carboxylic acids is 1. The fourth-order valence-corrected chi connectivity index (χ4v) is 1.68. The second-order valence-corrected chi connectivity index (χ2v) is 4.08. The summed E-state index contributed by atoms with van der Waals surface area (Å²) in [5.41, 5.74) is 6.18. The molecule has 0 atom stereocenters. The molecule has 2 N–H and O–H groups in total. The minimum atomic E-state index is -0.507. The molecule has 0 aliphatic heterocycles. The molecule has 0 saturated heterocycles. The molecule has 0 fully saturated rings. The monoisotopic (exact) mass is 275 g/mol. The Balaban J connectivity index is 1.91. The molecule has 0 saturated carbocycles. The highest BCUT2D eigenvalue weighted by Crippen LogP contribution is 2.11. The molecule has 0 aliphatic carbocycles.